The molecule has 0 bridgehead atoms. The topological polar surface area (TPSA) is 4.93 Å². The third-order valence-corrected chi connectivity index (χ3v) is 5.65. The molecule has 0 radical (unpaired) electrons. The lowest BCUT2D eigenvalue weighted by molar-refractivity contribution is 1.18. The quantitative estimate of drug-likeness (QED) is 0.282. The van der Waals surface area contributed by atoms with Gasteiger partial charge in [-0.15, -0.1) is 0 Å². The number of fused-ring (bicyclic) bond motifs is 5. The van der Waals surface area contributed by atoms with Crippen molar-refractivity contribution in [1.29, 1.82) is 0 Å². The van der Waals surface area contributed by atoms with Crippen LogP contribution in [0.3, 0.4) is 0 Å². The van der Waals surface area contributed by atoms with Crippen molar-refractivity contribution in [3.05, 3.63) is 109 Å². The standard InChI is InChI=1S/C28H23N/c1-3-10-20(4-2)22-16-17-26-25(19-22)28-24-14-9-8-11-21(24)15-18-27(28)29(26)23-12-6-5-7-13-23/h4-19H,2-3H2,1H3. The summed E-state index contributed by atoms with van der Waals surface area (Å²) in [6.45, 7) is 6.19. The fraction of sp³-hybridized carbons (Fsp3) is 0.0714. The minimum Gasteiger partial charge on any atom is -0.309 e. The van der Waals surface area contributed by atoms with Crippen molar-refractivity contribution in [2.24, 2.45) is 0 Å². The predicted octanol–water partition coefficient (Wildman–Crippen LogP) is 7.92. The molecule has 29 heavy (non-hydrogen) atoms. The number of aromatic nitrogens is 1. The number of nitrogens with zero attached hydrogens (tertiary/aromatic N) is 1. The number of benzene rings is 4. The molecule has 0 aliphatic carbocycles. The SMILES string of the molecule is C=CC(=CCC)c1ccc2c(c1)c1c3ccccc3ccc1n2-c1ccccc1. The van der Waals surface area contributed by atoms with Gasteiger partial charge >= 0.3 is 0 Å². The molecule has 0 fully saturated rings. The molecule has 140 valence electrons. The average Bonchev–Trinajstić information content (AvgIpc) is 3.12. The van der Waals surface area contributed by atoms with Crippen LogP contribution in [0.1, 0.15) is 18.9 Å². The van der Waals surface area contributed by atoms with Gasteiger partial charge in [0.25, 0.3) is 0 Å². The van der Waals surface area contributed by atoms with E-state index in [2.05, 4.69) is 109 Å². The van der Waals surface area contributed by atoms with Crippen molar-refractivity contribution in [2.75, 3.05) is 0 Å². The summed E-state index contributed by atoms with van der Waals surface area (Å²) < 4.78 is 2.37. The summed E-state index contributed by atoms with van der Waals surface area (Å²) in [4.78, 5) is 0. The van der Waals surface area contributed by atoms with E-state index in [4.69, 9.17) is 0 Å². The highest BCUT2D eigenvalue weighted by atomic mass is 15.0. The minimum absolute atomic E-state index is 0.994. The maximum absolute atomic E-state index is 4.03. The molecule has 5 rings (SSSR count). The average molecular weight is 373 g/mol. The lowest BCUT2D eigenvalue weighted by Gasteiger charge is -2.08. The first kappa shape index (κ1) is 17.5. The van der Waals surface area contributed by atoms with Crippen molar-refractivity contribution in [1.82, 2.24) is 4.57 Å². The Bertz CT molecular complexity index is 1380. The van der Waals surface area contributed by atoms with E-state index in [-0.39, 0.29) is 0 Å². The summed E-state index contributed by atoms with van der Waals surface area (Å²) in [5.41, 5.74) is 6.06. The summed E-state index contributed by atoms with van der Waals surface area (Å²) in [5, 5.41) is 5.15. The van der Waals surface area contributed by atoms with Gasteiger partial charge in [-0.05, 0) is 58.7 Å². The molecule has 5 aromatic rings. The predicted molar refractivity (Wildman–Crippen MR) is 127 cm³/mol. The van der Waals surface area contributed by atoms with Crippen LogP contribution in [-0.2, 0) is 0 Å². The van der Waals surface area contributed by atoms with Gasteiger partial charge in [-0.1, -0.05) is 80.3 Å². The molecule has 0 N–H and O–H groups in total. The third kappa shape index (κ3) is 2.78. The second kappa shape index (κ2) is 7.10. The van der Waals surface area contributed by atoms with Crippen LogP contribution in [0.5, 0.6) is 0 Å². The third-order valence-electron chi connectivity index (χ3n) is 5.65. The maximum Gasteiger partial charge on any atom is 0.0547 e. The fourth-order valence-corrected chi connectivity index (χ4v) is 4.36. The van der Waals surface area contributed by atoms with E-state index in [1.54, 1.807) is 0 Å². The zero-order chi connectivity index (χ0) is 19.8. The Hall–Kier alpha value is -3.58. The fourth-order valence-electron chi connectivity index (χ4n) is 4.36. The van der Waals surface area contributed by atoms with Gasteiger partial charge in [-0.2, -0.15) is 0 Å². The van der Waals surface area contributed by atoms with Crippen LogP contribution in [0, 0.1) is 0 Å². The first-order valence-corrected chi connectivity index (χ1v) is 10.2. The van der Waals surface area contributed by atoms with Gasteiger partial charge in [-0.25, -0.2) is 0 Å². The molecule has 1 heterocycles. The zero-order valence-corrected chi connectivity index (χ0v) is 16.6. The lowest BCUT2D eigenvalue weighted by Crippen LogP contribution is -1.93. The molecule has 1 aromatic heterocycles. The normalized spacial score (nSPS) is 12.1. The number of rotatable bonds is 4. The highest BCUT2D eigenvalue weighted by molar-refractivity contribution is 6.21. The zero-order valence-electron chi connectivity index (χ0n) is 16.6. The second-order valence-electron chi connectivity index (χ2n) is 7.36. The Kier molecular flexibility index (Phi) is 4.29. The van der Waals surface area contributed by atoms with Crippen LogP contribution in [0.15, 0.2) is 104 Å². The van der Waals surface area contributed by atoms with Crippen LogP contribution in [0.25, 0.3) is 43.8 Å². The highest BCUT2D eigenvalue weighted by Gasteiger charge is 2.15. The largest absolute Gasteiger partial charge is 0.309 e. The van der Waals surface area contributed by atoms with Gasteiger partial charge in [0.05, 0.1) is 11.0 Å². The van der Waals surface area contributed by atoms with Gasteiger partial charge in [0, 0.05) is 16.5 Å². The molecule has 0 atom stereocenters. The first-order valence-electron chi connectivity index (χ1n) is 10.2. The first-order chi connectivity index (χ1) is 14.3. The Morgan fingerprint density at radius 1 is 0.828 bits per heavy atom. The summed E-state index contributed by atoms with van der Waals surface area (Å²) >= 11 is 0. The van der Waals surface area contributed by atoms with Crippen molar-refractivity contribution in [2.45, 2.75) is 13.3 Å². The molecule has 4 aromatic carbocycles. The van der Waals surface area contributed by atoms with Crippen molar-refractivity contribution >= 4 is 38.2 Å². The van der Waals surface area contributed by atoms with E-state index >= 15 is 0 Å². The van der Waals surface area contributed by atoms with E-state index < -0.39 is 0 Å². The van der Waals surface area contributed by atoms with Crippen molar-refractivity contribution < 1.29 is 0 Å². The molecule has 0 spiro atoms. The molecule has 0 aliphatic heterocycles. The Morgan fingerprint density at radius 2 is 1.59 bits per heavy atom. The second-order valence-corrected chi connectivity index (χ2v) is 7.36. The smallest absolute Gasteiger partial charge is 0.0547 e. The van der Waals surface area contributed by atoms with Crippen LogP contribution in [0.2, 0.25) is 0 Å². The van der Waals surface area contributed by atoms with Gasteiger partial charge in [0.15, 0.2) is 0 Å². The molecule has 0 saturated heterocycles. The summed E-state index contributed by atoms with van der Waals surface area (Å²) in [6.07, 6.45) is 5.19. The highest BCUT2D eigenvalue weighted by Crippen LogP contribution is 2.38. The van der Waals surface area contributed by atoms with Crippen LogP contribution < -0.4 is 0 Å². The van der Waals surface area contributed by atoms with E-state index in [9.17, 15) is 0 Å². The van der Waals surface area contributed by atoms with Gasteiger partial charge in [0.2, 0.25) is 0 Å². The molecule has 0 aliphatic rings. The molecular formula is C28H23N. The monoisotopic (exact) mass is 373 g/mol. The lowest BCUT2D eigenvalue weighted by atomic mass is 9.99. The number of allylic oxidation sites excluding steroid dienone is 3. The Morgan fingerprint density at radius 3 is 2.38 bits per heavy atom. The van der Waals surface area contributed by atoms with Crippen LogP contribution >= 0.6 is 0 Å². The summed E-state index contributed by atoms with van der Waals surface area (Å²) in [5.74, 6) is 0. The Labute approximate surface area is 171 Å². The number of hydrogen-bond acceptors (Lipinski definition) is 0. The van der Waals surface area contributed by atoms with E-state index in [0.717, 1.165) is 6.42 Å². The van der Waals surface area contributed by atoms with Gasteiger partial charge < -0.3 is 4.57 Å². The summed E-state index contributed by atoms with van der Waals surface area (Å²) in [7, 11) is 0. The van der Waals surface area contributed by atoms with Crippen LogP contribution in [-0.4, -0.2) is 4.57 Å². The van der Waals surface area contributed by atoms with Crippen LogP contribution in [0.4, 0.5) is 0 Å². The molecule has 0 saturated carbocycles. The maximum atomic E-state index is 4.03. The number of para-hydroxylation sites is 1. The summed E-state index contributed by atoms with van der Waals surface area (Å²) in [6, 6.07) is 30.5. The van der Waals surface area contributed by atoms with Gasteiger partial charge in [0.1, 0.15) is 0 Å². The molecule has 0 unspecified atom stereocenters. The molecule has 1 nitrogen and oxygen atoms in total. The number of hydrogen-bond donors (Lipinski definition) is 0. The van der Waals surface area contributed by atoms with Crippen molar-refractivity contribution in [3.8, 4) is 5.69 Å². The van der Waals surface area contributed by atoms with E-state index in [1.165, 1.54) is 49.4 Å². The van der Waals surface area contributed by atoms with Crippen molar-refractivity contribution in [3.63, 3.8) is 0 Å². The van der Waals surface area contributed by atoms with Gasteiger partial charge in [-0.3, -0.25) is 0 Å². The van der Waals surface area contributed by atoms with E-state index in [0.29, 0.717) is 0 Å². The molecule has 0 amide bonds. The minimum atomic E-state index is 0.994. The Balaban J connectivity index is 1.96. The molecular weight excluding hydrogens is 350 g/mol. The van der Waals surface area contributed by atoms with E-state index in [1.807, 2.05) is 6.08 Å². The molecule has 1 heteroatoms.